The Morgan fingerprint density at radius 1 is 1.00 bits per heavy atom. The Morgan fingerprint density at radius 2 is 1.64 bits per heavy atom. The fourth-order valence-corrected chi connectivity index (χ4v) is 3.30. The zero-order valence-corrected chi connectivity index (χ0v) is 12.9. The van der Waals surface area contributed by atoms with Crippen LogP contribution in [0.2, 0.25) is 5.02 Å². The maximum atomic E-state index is 13.2. The summed E-state index contributed by atoms with van der Waals surface area (Å²) in [7, 11) is -3.99. The third-order valence-corrected chi connectivity index (χ3v) is 4.80. The molecule has 0 heterocycles. The molecule has 1 N–H and O–H groups in total. The van der Waals surface area contributed by atoms with Crippen LogP contribution < -0.4 is 4.72 Å². The maximum absolute atomic E-state index is 13.2. The summed E-state index contributed by atoms with van der Waals surface area (Å²) in [4.78, 5) is -0.228. The smallest absolute Gasteiger partial charge is 0.207 e. The van der Waals surface area contributed by atoms with Crippen LogP contribution in [0, 0.1) is 17.5 Å². The van der Waals surface area contributed by atoms with Crippen LogP contribution in [0.1, 0.15) is 18.5 Å². The fourth-order valence-electron chi connectivity index (χ4n) is 1.79. The molecule has 22 heavy (non-hydrogen) atoms. The van der Waals surface area contributed by atoms with Crippen LogP contribution in [-0.4, -0.2) is 8.42 Å². The lowest BCUT2D eigenvalue weighted by molar-refractivity contribution is 0.504. The van der Waals surface area contributed by atoms with E-state index in [1.807, 2.05) is 0 Å². The van der Waals surface area contributed by atoms with Crippen molar-refractivity contribution in [3.05, 3.63) is 64.4 Å². The fraction of sp³-hybridized carbons (Fsp3) is 0.143. The van der Waals surface area contributed by atoms with Gasteiger partial charge in [-0.25, -0.2) is 26.3 Å². The van der Waals surface area contributed by atoms with Gasteiger partial charge in [0.1, 0.15) is 5.82 Å². The van der Waals surface area contributed by atoms with Gasteiger partial charge >= 0.3 is 0 Å². The Bertz CT molecular complexity index is 812. The van der Waals surface area contributed by atoms with Crippen molar-refractivity contribution in [2.45, 2.75) is 17.9 Å². The summed E-state index contributed by atoms with van der Waals surface area (Å²) in [5, 5.41) is -0.330. The molecule has 0 aliphatic rings. The second-order valence-corrected chi connectivity index (χ2v) is 6.71. The summed E-state index contributed by atoms with van der Waals surface area (Å²) >= 11 is 5.55. The van der Waals surface area contributed by atoms with E-state index in [2.05, 4.69) is 4.72 Å². The zero-order chi connectivity index (χ0) is 16.5. The van der Waals surface area contributed by atoms with Crippen LogP contribution in [0.5, 0.6) is 0 Å². The van der Waals surface area contributed by atoms with E-state index in [9.17, 15) is 21.6 Å². The highest BCUT2D eigenvalue weighted by Gasteiger charge is 2.20. The Balaban J connectivity index is 2.27. The third-order valence-electron chi connectivity index (χ3n) is 2.98. The molecule has 0 fully saturated rings. The summed E-state index contributed by atoms with van der Waals surface area (Å²) in [6, 6.07) is 5.22. The van der Waals surface area contributed by atoms with Gasteiger partial charge in [-0.2, -0.15) is 0 Å². The SMILES string of the molecule is CC(NS(=O)(=O)c1ccc(F)c(Cl)c1)c1ccc(F)c(F)c1. The molecule has 2 rings (SSSR count). The quantitative estimate of drug-likeness (QED) is 0.912. The summed E-state index contributed by atoms with van der Waals surface area (Å²) < 4.78 is 65.8. The molecule has 0 aliphatic heterocycles. The van der Waals surface area contributed by atoms with Crippen LogP contribution >= 0.6 is 11.6 Å². The number of rotatable bonds is 4. The molecule has 3 nitrogen and oxygen atoms in total. The summed E-state index contributed by atoms with van der Waals surface area (Å²) in [6.45, 7) is 1.47. The van der Waals surface area contributed by atoms with E-state index in [1.54, 1.807) is 0 Å². The van der Waals surface area contributed by atoms with E-state index < -0.39 is 33.5 Å². The van der Waals surface area contributed by atoms with Crippen molar-refractivity contribution in [2.24, 2.45) is 0 Å². The minimum Gasteiger partial charge on any atom is -0.207 e. The molecule has 0 bridgehead atoms. The maximum Gasteiger partial charge on any atom is 0.241 e. The molecule has 8 heteroatoms. The number of halogens is 4. The molecule has 1 unspecified atom stereocenters. The van der Waals surface area contributed by atoms with Gasteiger partial charge in [0.25, 0.3) is 0 Å². The van der Waals surface area contributed by atoms with Gasteiger partial charge in [0.05, 0.1) is 9.92 Å². The summed E-state index contributed by atoms with van der Waals surface area (Å²) in [5.74, 6) is -2.84. The second-order valence-electron chi connectivity index (χ2n) is 4.59. The van der Waals surface area contributed by atoms with Crippen molar-refractivity contribution in [3.63, 3.8) is 0 Å². The van der Waals surface area contributed by atoms with Gasteiger partial charge in [0.15, 0.2) is 11.6 Å². The average Bonchev–Trinajstić information content (AvgIpc) is 2.44. The molecule has 0 aliphatic carbocycles. The van der Waals surface area contributed by atoms with Gasteiger partial charge in [-0.3, -0.25) is 0 Å². The van der Waals surface area contributed by atoms with Crippen molar-refractivity contribution in [3.8, 4) is 0 Å². The van der Waals surface area contributed by atoms with E-state index in [0.29, 0.717) is 0 Å². The van der Waals surface area contributed by atoms with Gasteiger partial charge in [-0.15, -0.1) is 0 Å². The van der Waals surface area contributed by atoms with Crippen LogP contribution in [0.4, 0.5) is 13.2 Å². The van der Waals surface area contributed by atoms with Gasteiger partial charge in [0.2, 0.25) is 10.0 Å². The number of nitrogens with one attached hydrogen (secondary N) is 1. The van der Waals surface area contributed by atoms with Gasteiger partial charge in [0, 0.05) is 6.04 Å². The topological polar surface area (TPSA) is 46.2 Å². The largest absolute Gasteiger partial charge is 0.241 e. The first-order valence-corrected chi connectivity index (χ1v) is 7.99. The van der Waals surface area contributed by atoms with E-state index >= 15 is 0 Å². The van der Waals surface area contributed by atoms with Crippen molar-refractivity contribution in [2.75, 3.05) is 0 Å². The van der Waals surface area contributed by atoms with Crippen LogP contribution in [0.15, 0.2) is 41.3 Å². The molecule has 0 amide bonds. The van der Waals surface area contributed by atoms with Crippen molar-refractivity contribution >= 4 is 21.6 Å². The van der Waals surface area contributed by atoms with Gasteiger partial charge in [-0.1, -0.05) is 17.7 Å². The lowest BCUT2D eigenvalue weighted by Gasteiger charge is -2.15. The molecular weight excluding hydrogens is 339 g/mol. The number of hydrogen-bond acceptors (Lipinski definition) is 2. The van der Waals surface area contributed by atoms with Crippen molar-refractivity contribution in [1.82, 2.24) is 4.72 Å². The van der Waals surface area contributed by atoms with Crippen molar-refractivity contribution < 1.29 is 21.6 Å². The standard InChI is InChI=1S/C14H11ClF3NO2S/c1-8(9-2-4-13(17)14(18)6-9)19-22(20,21)10-3-5-12(16)11(15)7-10/h2-8,19H,1H3. The predicted molar refractivity (Wildman–Crippen MR) is 76.5 cm³/mol. The molecule has 0 saturated heterocycles. The first-order valence-electron chi connectivity index (χ1n) is 6.13. The Kier molecular flexibility index (Phi) is 4.79. The molecule has 118 valence electrons. The third kappa shape index (κ3) is 3.60. The summed E-state index contributed by atoms with van der Waals surface area (Å²) in [6.07, 6.45) is 0. The molecule has 2 aromatic rings. The molecule has 1 atom stereocenters. The van der Waals surface area contributed by atoms with Gasteiger partial charge < -0.3 is 0 Å². The molecule has 0 radical (unpaired) electrons. The molecule has 2 aromatic carbocycles. The first kappa shape index (κ1) is 16.8. The molecule has 0 aromatic heterocycles. The first-order chi connectivity index (χ1) is 10.2. The normalized spacial score (nSPS) is 13.1. The van der Waals surface area contributed by atoms with Crippen LogP contribution in [0.3, 0.4) is 0 Å². The highest BCUT2D eigenvalue weighted by atomic mass is 35.5. The lowest BCUT2D eigenvalue weighted by Crippen LogP contribution is -2.27. The molecule has 0 saturated carbocycles. The van der Waals surface area contributed by atoms with E-state index in [-0.39, 0.29) is 15.5 Å². The highest BCUT2D eigenvalue weighted by molar-refractivity contribution is 7.89. The Labute approximate surface area is 130 Å². The molecule has 0 spiro atoms. The van der Waals surface area contributed by atoms with Crippen molar-refractivity contribution in [1.29, 1.82) is 0 Å². The zero-order valence-electron chi connectivity index (χ0n) is 11.3. The predicted octanol–water partition coefficient (Wildman–Crippen LogP) is 3.80. The van der Waals surface area contributed by atoms with E-state index in [4.69, 9.17) is 11.6 Å². The highest BCUT2D eigenvalue weighted by Crippen LogP contribution is 2.22. The minimum absolute atomic E-state index is 0.228. The monoisotopic (exact) mass is 349 g/mol. The number of sulfonamides is 1. The average molecular weight is 350 g/mol. The van der Waals surface area contributed by atoms with Crippen LogP contribution in [-0.2, 0) is 10.0 Å². The van der Waals surface area contributed by atoms with E-state index in [0.717, 1.165) is 30.3 Å². The Hall–Kier alpha value is -1.57. The number of hydrogen-bond donors (Lipinski definition) is 1. The summed E-state index contributed by atoms with van der Waals surface area (Å²) in [5.41, 5.74) is 0.246. The lowest BCUT2D eigenvalue weighted by atomic mass is 10.1. The number of benzene rings is 2. The minimum atomic E-state index is -3.99. The second kappa shape index (κ2) is 6.28. The molecular formula is C14H11ClF3NO2S. The Morgan fingerprint density at radius 3 is 2.23 bits per heavy atom. The van der Waals surface area contributed by atoms with Gasteiger partial charge in [-0.05, 0) is 42.8 Å². The van der Waals surface area contributed by atoms with E-state index in [1.165, 1.54) is 13.0 Å². The van der Waals surface area contributed by atoms with Crippen LogP contribution in [0.25, 0.3) is 0 Å².